The van der Waals surface area contributed by atoms with Gasteiger partial charge in [-0.1, -0.05) is 13.8 Å². The van der Waals surface area contributed by atoms with Crippen LogP contribution >= 0.6 is 0 Å². The second kappa shape index (κ2) is 2.86. The smallest absolute Gasteiger partial charge is 0.0696 e. The molecule has 0 aliphatic carbocycles. The Hall–Kier alpha value is -0.120. The van der Waals surface area contributed by atoms with Gasteiger partial charge in [-0.15, -0.1) is 0 Å². The van der Waals surface area contributed by atoms with E-state index < -0.39 is 0 Å². The molecular weight excluding hydrogens is 128 g/mol. The molecule has 1 aliphatic rings. The highest BCUT2D eigenvalue weighted by molar-refractivity contribution is 4.83. The van der Waals surface area contributed by atoms with Gasteiger partial charge in [-0.2, -0.15) is 0 Å². The number of rotatable bonds is 1. The zero-order valence-corrected chi connectivity index (χ0v) is 6.62. The van der Waals surface area contributed by atoms with Crippen LogP contribution < -0.4 is 5.84 Å². The van der Waals surface area contributed by atoms with E-state index in [1.54, 1.807) is 5.01 Å². The normalized spacial score (nSPS) is 35.7. The van der Waals surface area contributed by atoms with E-state index in [2.05, 4.69) is 13.8 Å². The molecule has 1 fully saturated rings. The van der Waals surface area contributed by atoms with Crippen molar-refractivity contribution < 1.29 is 5.11 Å². The summed E-state index contributed by atoms with van der Waals surface area (Å²) in [7, 11) is 0. The van der Waals surface area contributed by atoms with Gasteiger partial charge in [-0.05, 0) is 12.3 Å². The molecule has 0 radical (unpaired) electrons. The fourth-order valence-electron chi connectivity index (χ4n) is 1.52. The number of hydrogen-bond donors (Lipinski definition) is 2. The summed E-state index contributed by atoms with van der Waals surface area (Å²) < 4.78 is 0. The first-order valence-corrected chi connectivity index (χ1v) is 3.80. The Kier molecular flexibility index (Phi) is 2.28. The van der Waals surface area contributed by atoms with Crippen LogP contribution in [-0.2, 0) is 0 Å². The Bertz CT molecular complexity index is 116. The summed E-state index contributed by atoms with van der Waals surface area (Å²) in [6.07, 6.45) is 0.617. The predicted molar refractivity (Wildman–Crippen MR) is 40.1 cm³/mol. The maximum absolute atomic E-state index is 9.20. The molecule has 0 aromatic rings. The molecule has 1 saturated heterocycles. The molecular formula is C7H16N2O. The van der Waals surface area contributed by atoms with E-state index in [-0.39, 0.29) is 6.10 Å². The highest BCUT2D eigenvalue weighted by atomic mass is 16.3. The molecule has 2 atom stereocenters. The SMILES string of the molecule is CC(C)C1C[C@H](O)CN1N. The molecule has 1 rings (SSSR count). The summed E-state index contributed by atoms with van der Waals surface area (Å²) in [6.45, 7) is 4.88. The maximum Gasteiger partial charge on any atom is 0.0696 e. The lowest BCUT2D eigenvalue weighted by Crippen LogP contribution is -2.39. The third-order valence-corrected chi connectivity index (χ3v) is 2.13. The third kappa shape index (κ3) is 1.48. The third-order valence-electron chi connectivity index (χ3n) is 2.13. The van der Waals surface area contributed by atoms with E-state index >= 15 is 0 Å². The monoisotopic (exact) mass is 144 g/mol. The fraction of sp³-hybridized carbons (Fsp3) is 1.00. The van der Waals surface area contributed by atoms with Crippen LogP contribution in [0.2, 0.25) is 0 Å². The van der Waals surface area contributed by atoms with Gasteiger partial charge in [0.05, 0.1) is 6.10 Å². The Balaban J connectivity index is 2.46. The minimum Gasteiger partial charge on any atom is -0.392 e. The zero-order valence-electron chi connectivity index (χ0n) is 6.62. The van der Waals surface area contributed by atoms with Crippen molar-refractivity contribution in [3.05, 3.63) is 0 Å². The highest BCUT2D eigenvalue weighted by Gasteiger charge is 2.30. The molecule has 0 amide bonds. The average Bonchev–Trinajstić information content (AvgIpc) is 2.10. The summed E-state index contributed by atoms with van der Waals surface area (Å²) in [5.41, 5.74) is 0. The number of hydrazine groups is 1. The van der Waals surface area contributed by atoms with Crippen molar-refractivity contribution in [3.63, 3.8) is 0 Å². The number of aliphatic hydroxyl groups excluding tert-OH is 1. The van der Waals surface area contributed by atoms with Crippen molar-refractivity contribution in [3.8, 4) is 0 Å². The van der Waals surface area contributed by atoms with Crippen molar-refractivity contribution in [1.29, 1.82) is 0 Å². The minimum atomic E-state index is -0.211. The molecule has 0 spiro atoms. The Morgan fingerprint density at radius 3 is 2.40 bits per heavy atom. The van der Waals surface area contributed by atoms with Gasteiger partial charge in [-0.25, -0.2) is 5.01 Å². The van der Waals surface area contributed by atoms with E-state index in [9.17, 15) is 5.11 Å². The number of nitrogens with zero attached hydrogens (tertiary/aromatic N) is 1. The van der Waals surface area contributed by atoms with Crippen LogP contribution in [0.1, 0.15) is 20.3 Å². The molecule has 3 heteroatoms. The van der Waals surface area contributed by atoms with E-state index in [0.717, 1.165) is 6.42 Å². The number of hydrogen-bond acceptors (Lipinski definition) is 3. The Morgan fingerprint density at radius 2 is 2.20 bits per heavy atom. The molecule has 3 N–H and O–H groups in total. The van der Waals surface area contributed by atoms with Gasteiger partial charge in [0.15, 0.2) is 0 Å². The molecule has 0 saturated carbocycles. The molecule has 60 valence electrons. The number of aliphatic hydroxyl groups is 1. The molecule has 10 heavy (non-hydrogen) atoms. The highest BCUT2D eigenvalue weighted by Crippen LogP contribution is 2.20. The van der Waals surface area contributed by atoms with E-state index in [1.807, 2.05) is 0 Å². The largest absolute Gasteiger partial charge is 0.392 e. The quantitative estimate of drug-likeness (QED) is 0.507. The topological polar surface area (TPSA) is 49.5 Å². The van der Waals surface area contributed by atoms with Gasteiger partial charge >= 0.3 is 0 Å². The van der Waals surface area contributed by atoms with Crippen LogP contribution in [0, 0.1) is 5.92 Å². The summed E-state index contributed by atoms with van der Waals surface area (Å²) in [5.74, 6) is 6.19. The molecule has 0 aromatic heterocycles. The Labute approximate surface area is 61.8 Å². The standard InChI is InChI=1S/C7H16N2O/c1-5(2)7-3-6(10)4-9(7)8/h5-7,10H,3-4,8H2,1-2H3/t6-,7?/m0/s1. The van der Waals surface area contributed by atoms with Crippen LogP contribution in [0.15, 0.2) is 0 Å². The van der Waals surface area contributed by atoms with Gasteiger partial charge in [0.2, 0.25) is 0 Å². The lowest BCUT2D eigenvalue weighted by Gasteiger charge is -2.21. The van der Waals surface area contributed by atoms with Crippen molar-refractivity contribution in [2.45, 2.75) is 32.4 Å². The number of β-amino-alcohol motifs (C(OH)–C–C–N with tert-alkyl or cyclic N) is 1. The Morgan fingerprint density at radius 1 is 1.60 bits per heavy atom. The van der Waals surface area contributed by atoms with E-state index in [0.29, 0.717) is 18.5 Å². The summed E-state index contributed by atoms with van der Waals surface area (Å²) >= 11 is 0. The molecule has 3 nitrogen and oxygen atoms in total. The lowest BCUT2D eigenvalue weighted by atomic mass is 10.0. The first-order valence-electron chi connectivity index (χ1n) is 3.80. The van der Waals surface area contributed by atoms with Gasteiger partial charge in [0.25, 0.3) is 0 Å². The first kappa shape index (κ1) is 7.98. The van der Waals surface area contributed by atoms with Gasteiger partial charge in [0.1, 0.15) is 0 Å². The van der Waals surface area contributed by atoms with Crippen LogP contribution in [-0.4, -0.2) is 28.8 Å². The van der Waals surface area contributed by atoms with Crippen LogP contribution in [0.3, 0.4) is 0 Å². The molecule has 1 unspecified atom stereocenters. The van der Waals surface area contributed by atoms with Gasteiger partial charge in [0, 0.05) is 12.6 Å². The minimum absolute atomic E-state index is 0.211. The number of nitrogens with two attached hydrogens (primary N) is 1. The zero-order chi connectivity index (χ0) is 7.72. The van der Waals surface area contributed by atoms with Crippen molar-refractivity contribution in [2.75, 3.05) is 6.54 Å². The van der Waals surface area contributed by atoms with E-state index in [1.165, 1.54) is 0 Å². The van der Waals surface area contributed by atoms with Gasteiger partial charge < -0.3 is 5.11 Å². The second-order valence-corrected chi connectivity index (χ2v) is 3.40. The molecule has 0 aromatic carbocycles. The molecule has 1 aliphatic heterocycles. The summed E-state index contributed by atoms with van der Waals surface area (Å²) in [6, 6.07) is 0.370. The van der Waals surface area contributed by atoms with E-state index in [4.69, 9.17) is 5.84 Å². The lowest BCUT2D eigenvalue weighted by molar-refractivity contribution is 0.174. The van der Waals surface area contributed by atoms with Crippen LogP contribution in [0.5, 0.6) is 0 Å². The van der Waals surface area contributed by atoms with Crippen molar-refractivity contribution >= 4 is 0 Å². The fourth-order valence-corrected chi connectivity index (χ4v) is 1.52. The van der Waals surface area contributed by atoms with Crippen LogP contribution in [0.4, 0.5) is 0 Å². The predicted octanol–water partition coefficient (Wildman–Crippen LogP) is -0.0487. The molecule has 0 bridgehead atoms. The van der Waals surface area contributed by atoms with Crippen LogP contribution in [0.25, 0.3) is 0 Å². The first-order chi connectivity index (χ1) is 4.61. The molecule has 1 heterocycles. The maximum atomic E-state index is 9.20. The van der Waals surface area contributed by atoms with Crippen molar-refractivity contribution in [1.82, 2.24) is 5.01 Å². The second-order valence-electron chi connectivity index (χ2n) is 3.40. The van der Waals surface area contributed by atoms with Crippen molar-refractivity contribution in [2.24, 2.45) is 11.8 Å². The van der Waals surface area contributed by atoms with Gasteiger partial charge in [-0.3, -0.25) is 5.84 Å². The summed E-state index contributed by atoms with van der Waals surface area (Å²) in [5, 5.41) is 10.9. The summed E-state index contributed by atoms with van der Waals surface area (Å²) in [4.78, 5) is 0. The average molecular weight is 144 g/mol.